The van der Waals surface area contributed by atoms with E-state index in [1.54, 1.807) is 6.20 Å². The van der Waals surface area contributed by atoms with E-state index in [0.29, 0.717) is 13.2 Å². The summed E-state index contributed by atoms with van der Waals surface area (Å²) >= 11 is 0. The van der Waals surface area contributed by atoms with Crippen molar-refractivity contribution in [1.82, 2.24) is 14.9 Å². The van der Waals surface area contributed by atoms with Gasteiger partial charge in [0.2, 0.25) is 0 Å². The van der Waals surface area contributed by atoms with Gasteiger partial charge in [-0.1, -0.05) is 0 Å². The average Bonchev–Trinajstić information content (AvgIpc) is 2.66. The highest BCUT2D eigenvalue weighted by Crippen LogP contribution is 1.99. The molecule has 0 aliphatic carbocycles. The molecule has 1 unspecified atom stereocenters. The number of nitrogens with zero attached hydrogens (tertiary/aromatic N) is 2. The number of hydrogen-bond donors (Lipinski definition) is 1. The van der Waals surface area contributed by atoms with Crippen molar-refractivity contribution < 1.29 is 9.47 Å². The highest BCUT2D eigenvalue weighted by molar-refractivity contribution is 4.90. The predicted octanol–water partition coefficient (Wildman–Crippen LogP) is -0.0749. The van der Waals surface area contributed by atoms with Crippen molar-refractivity contribution in [3.05, 3.63) is 18.2 Å². The molecule has 84 valence electrons. The second-order valence-corrected chi connectivity index (χ2v) is 3.65. The second kappa shape index (κ2) is 5.25. The Morgan fingerprint density at radius 2 is 2.53 bits per heavy atom. The van der Waals surface area contributed by atoms with E-state index in [0.717, 1.165) is 25.5 Å². The van der Waals surface area contributed by atoms with Crippen molar-refractivity contribution in [2.24, 2.45) is 7.05 Å². The van der Waals surface area contributed by atoms with Gasteiger partial charge in [0.25, 0.3) is 0 Å². The standard InChI is InChI=1S/C10H17N3O2/c1-13-3-2-12-10(13)7-11-6-9-8-14-4-5-15-9/h2-3,9,11H,4-8H2,1H3. The molecular weight excluding hydrogens is 194 g/mol. The van der Waals surface area contributed by atoms with Crippen molar-refractivity contribution >= 4 is 0 Å². The summed E-state index contributed by atoms with van der Waals surface area (Å²) in [5.41, 5.74) is 0. The first-order chi connectivity index (χ1) is 7.36. The molecule has 1 aliphatic heterocycles. The molecule has 2 rings (SSSR count). The van der Waals surface area contributed by atoms with E-state index in [9.17, 15) is 0 Å². The lowest BCUT2D eigenvalue weighted by atomic mass is 10.3. The van der Waals surface area contributed by atoms with Crippen LogP contribution in [-0.2, 0) is 23.1 Å². The fourth-order valence-corrected chi connectivity index (χ4v) is 1.57. The zero-order valence-corrected chi connectivity index (χ0v) is 8.98. The van der Waals surface area contributed by atoms with E-state index >= 15 is 0 Å². The van der Waals surface area contributed by atoms with Crippen LogP contribution >= 0.6 is 0 Å². The van der Waals surface area contributed by atoms with Crippen LogP contribution in [0.3, 0.4) is 0 Å². The third-order valence-corrected chi connectivity index (χ3v) is 2.46. The van der Waals surface area contributed by atoms with Crippen molar-refractivity contribution in [3.8, 4) is 0 Å². The van der Waals surface area contributed by atoms with Gasteiger partial charge in [0.05, 0.1) is 32.5 Å². The Morgan fingerprint density at radius 1 is 1.60 bits per heavy atom. The molecule has 0 saturated carbocycles. The average molecular weight is 211 g/mol. The van der Waals surface area contributed by atoms with Crippen molar-refractivity contribution in [3.63, 3.8) is 0 Å². The normalized spacial score (nSPS) is 21.8. The molecule has 1 aromatic heterocycles. The number of aromatic nitrogens is 2. The summed E-state index contributed by atoms with van der Waals surface area (Å²) in [7, 11) is 1.99. The zero-order chi connectivity index (χ0) is 10.5. The predicted molar refractivity (Wildman–Crippen MR) is 55.5 cm³/mol. The molecule has 1 aromatic rings. The molecule has 1 aliphatic rings. The number of hydrogen-bond acceptors (Lipinski definition) is 4. The fourth-order valence-electron chi connectivity index (χ4n) is 1.57. The summed E-state index contributed by atoms with van der Waals surface area (Å²) in [6.45, 7) is 3.69. The van der Waals surface area contributed by atoms with E-state index in [1.165, 1.54) is 0 Å². The van der Waals surface area contributed by atoms with Crippen molar-refractivity contribution in [1.29, 1.82) is 0 Å². The van der Waals surface area contributed by atoms with Crippen LogP contribution in [0.25, 0.3) is 0 Å². The monoisotopic (exact) mass is 211 g/mol. The molecule has 1 N–H and O–H groups in total. The minimum Gasteiger partial charge on any atom is -0.376 e. The lowest BCUT2D eigenvalue weighted by molar-refractivity contribution is -0.0865. The maximum Gasteiger partial charge on any atom is 0.122 e. The third kappa shape index (κ3) is 3.02. The fraction of sp³-hybridized carbons (Fsp3) is 0.700. The van der Waals surface area contributed by atoms with Gasteiger partial charge in [-0.15, -0.1) is 0 Å². The van der Waals surface area contributed by atoms with Crippen LogP contribution in [0.2, 0.25) is 0 Å². The minimum absolute atomic E-state index is 0.180. The first-order valence-corrected chi connectivity index (χ1v) is 5.22. The van der Waals surface area contributed by atoms with Gasteiger partial charge in [0.15, 0.2) is 0 Å². The van der Waals surface area contributed by atoms with E-state index in [2.05, 4.69) is 10.3 Å². The van der Waals surface area contributed by atoms with Gasteiger partial charge >= 0.3 is 0 Å². The molecule has 1 fully saturated rings. The number of aryl methyl sites for hydroxylation is 1. The van der Waals surface area contributed by atoms with Crippen LogP contribution in [0.1, 0.15) is 5.82 Å². The molecule has 0 radical (unpaired) electrons. The summed E-state index contributed by atoms with van der Waals surface area (Å²) in [4.78, 5) is 4.23. The summed E-state index contributed by atoms with van der Waals surface area (Å²) in [6.07, 6.45) is 3.92. The molecule has 1 atom stereocenters. The Hall–Kier alpha value is -0.910. The minimum atomic E-state index is 0.180. The molecule has 15 heavy (non-hydrogen) atoms. The molecule has 0 amide bonds. The van der Waals surface area contributed by atoms with Gasteiger partial charge in [0.1, 0.15) is 5.82 Å². The maximum absolute atomic E-state index is 5.51. The van der Waals surface area contributed by atoms with Gasteiger partial charge in [0, 0.05) is 26.0 Å². The SMILES string of the molecule is Cn1ccnc1CNCC1COCCO1. The molecule has 2 heterocycles. The van der Waals surface area contributed by atoms with Crippen molar-refractivity contribution in [2.75, 3.05) is 26.4 Å². The summed E-state index contributed by atoms with van der Waals surface area (Å²) in [5.74, 6) is 1.03. The Balaban J connectivity index is 1.68. The number of nitrogens with one attached hydrogen (secondary N) is 1. The summed E-state index contributed by atoms with van der Waals surface area (Å²) in [5, 5.41) is 3.31. The topological polar surface area (TPSA) is 48.3 Å². The van der Waals surface area contributed by atoms with Crippen LogP contribution in [-0.4, -0.2) is 42.0 Å². The molecule has 1 saturated heterocycles. The number of rotatable bonds is 4. The Kier molecular flexibility index (Phi) is 3.71. The smallest absolute Gasteiger partial charge is 0.122 e. The number of ether oxygens (including phenoxy) is 2. The molecule has 0 spiro atoms. The lowest BCUT2D eigenvalue weighted by Crippen LogP contribution is -2.37. The summed E-state index contributed by atoms with van der Waals surface area (Å²) < 4.78 is 12.8. The van der Waals surface area contributed by atoms with Crippen LogP contribution < -0.4 is 5.32 Å². The van der Waals surface area contributed by atoms with Gasteiger partial charge in [-0.2, -0.15) is 0 Å². The first kappa shape index (κ1) is 10.6. The first-order valence-electron chi connectivity index (χ1n) is 5.22. The highest BCUT2D eigenvalue weighted by Gasteiger charge is 2.13. The number of imidazole rings is 1. The second-order valence-electron chi connectivity index (χ2n) is 3.65. The molecule has 0 bridgehead atoms. The van der Waals surface area contributed by atoms with Gasteiger partial charge in [-0.3, -0.25) is 0 Å². The van der Waals surface area contributed by atoms with Crippen LogP contribution in [0.5, 0.6) is 0 Å². The van der Waals surface area contributed by atoms with E-state index < -0.39 is 0 Å². The Bertz CT molecular complexity index is 295. The van der Waals surface area contributed by atoms with Gasteiger partial charge in [-0.05, 0) is 0 Å². The molecule has 5 heteroatoms. The zero-order valence-electron chi connectivity index (χ0n) is 8.98. The Morgan fingerprint density at radius 3 is 3.20 bits per heavy atom. The maximum atomic E-state index is 5.51. The summed E-state index contributed by atoms with van der Waals surface area (Å²) in [6, 6.07) is 0. The van der Waals surface area contributed by atoms with Gasteiger partial charge in [-0.25, -0.2) is 4.98 Å². The van der Waals surface area contributed by atoms with Crippen LogP contribution in [0.15, 0.2) is 12.4 Å². The van der Waals surface area contributed by atoms with Crippen LogP contribution in [0, 0.1) is 0 Å². The largest absolute Gasteiger partial charge is 0.376 e. The third-order valence-electron chi connectivity index (χ3n) is 2.46. The van der Waals surface area contributed by atoms with Crippen molar-refractivity contribution in [2.45, 2.75) is 12.6 Å². The van der Waals surface area contributed by atoms with Crippen LogP contribution in [0.4, 0.5) is 0 Å². The molecule has 5 nitrogen and oxygen atoms in total. The van der Waals surface area contributed by atoms with Gasteiger partial charge < -0.3 is 19.4 Å². The quantitative estimate of drug-likeness (QED) is 0.757. The van der Waals surface area contributed by atoms with E-state index in [4.69, 9.17) is 9.47 Å². The molecular formula is C10H17N3O2. The molecule has 0 aromatic carbocycles. The highest BCUT2D eigenvalue weighted by atomic mass is 16.6. The Labute approximate surface area is 89.4 Å². The van der Waals surface area contributed by atoms with E-state index in [-0.39, 0.29) is 6.10 Å². The lowest BCUT2D eigenvalue weighted by Gasteiger charge is -2.23. The van der Waals surface area contributed by atoms with E-state index in [1.807, 2.05) is 17.8 Å².